The molecule has 1 rings (SSSR count). The topological polar surface area (TPSA) is 0 Å². The molecule has 1 aliphatic carbocycles. The molecule has 0 aliphatic heterocycles. The second-order valence-corrected chi connectivity index (χ2v) is 20.0. The van der Waals surface area contributed by atoms with Crippen LogP contribution in [0.5, 0.6) is 0 Å². The molecule has 0 nitrogen and oxygen atoms in total. The van der Waals surface area contributed by atoms with Crippen molar-refractivity contribution < 1.29 is 0 Å². The van der Waals surface area contributed by atoms with Crippen molar-refractivity contribution in [1.82, 2.24) is 0 Å². The predicted molar refractivity (Wildman–Crippen MR) is 86.6 cm³/mol. The Labute approximate surface area is 120 Å². The summed E-state index contributed by atoms with van der Waals surface area (Å²) in [7, 11) is 0. The summed E-state index contributed by atoms with van der Waals surface area (Å²) in [5.41, 5.74) is 0. The Kier molecular flexibility index (Phi) is 9.05. The van der Waals surface area contributed by atoms with Gasteiger partial charge in [-0.2, -0.15) is 0 Å². The van der Waals surface area contributed by atoms with E-state index in [1.165, 1.54) is 51.4 Å². The van der Waals surface area contributed by atoms with Gasteiger partial charge in [0.05, 0.1) is 0 Å². The first kappa shape index (κ1) is 16.9. The number of hydrogen-bond donors (Lipinski definition) is 0. The normalized spacial score (nSPS) is 17.5. The zero-order valence-electron chi connectivity index (χ0n) is 13.2. The molecule has 0 unspecified atom stereocenters. The zero-order chi connectivity index (χ0) is 13.3. The van der Waals surface area contributed by atoms with Gasteiger partial charge in [0.1, 0.15) is 0 Å². The van der Waals surface area contributed by atoms with E-state index in [-0.39, 0.29) is 0 Å². The van der Waals surface area contributed by atoms with E-state index in [9.17, 15) is 0 Å². The first-order valence-corrected chi connectivity index (χ1v) is 16.1. The molecule has 107 valence electrons. The number of hydrogen-bond acceptors (Lipinski definition) is 0. The van der Waals surface area contributed by atoms with Crippen LogP contribution in [0.3, 0.4) is 0 Å². The van der Waals surface area contributed by atoms with Crippen LogP contribution in [-0.2, 0) is 0 Å². The van der Waals surface area contributed by atoms with E-state index in [0.717, 1.165) is 0 Å². The summed E-state index contributed by atoms with van der Waals surface area (Å²) in [6, 6.07) is 0. The Morgan fingerprint density at radius 3 is 1.44 bits per heavy atom. The molecule has 0 atom stereocenters. The Balaban J connectivity index is 2.68. The summed E-state index contributed by atoms with van der Waals surface area (Å²) in [5, 5.41) is 0. The van der Waals surface area contributed by atoms with E-state index >= 15 is 0 Å². The van der Waals surface area contributed by atoms with E-state index < -0.39 is 18.4 Å². The molecule has 1 fully saturated rings. The van der Waals surface area contributed by atoms with Gasteiger partial charge in [0.15, 0.2) is 0 Å². The molecular formula is C17H35Sn. The molecule has 1 heteroatoms. The van der Waals surface area contributed by atoms with Gasteiger partial charge in [-0.05, 0) is 0 Å². The standard InChI is InChI=1S/C5H8.3C4H9.Sn/c1-2-4-5-3-1;3*1-3-4-2;/h1-4H2;3*1,3-4H2,2H3;. The first-order valence-electron chi connectivity index (χ1n) is 8.64. The summed E-state index contributed by atoms with van der Waals surface area (Å²) < 4.78 is 7.27. The Morgan fingerprint density at radius 2 is 1.11 bits per heavy atom. The van der Waals surface area contributed by atoms with Gasteiger partial charge in [-0.15, -0.1) is 0 Å². The maximum atomic E-state index is 2.38. The van der Waals surface area contributed by atoms with Crippen LogP contribution in [0.25, 0.3) is 0 Å². The third-order valence-electron chi connectivity index (χ3n) is 4.98. The van der Waals surface area contributed by atoms with E-state index in [2.05, 4.69) is 24.7 Å². The Bertz CT molecular complexity index is 172. The average molecular weight is 358 g/mol. The van der Waals surface area contributed by atoms with Crippen molar-refractivity contribution in [3.63, 3.8) is 0 Å². The van der Waals surface area contributed by atoms with Gasteiger partial charge in [0.25, 0.3) is 0 Å². The average Bonchev–Trinajstić information content (AvgIpc) is 2.93. The van der Waals surface area contributed by atoms with Crippen molar-refractivity contribution in [2.45, 2.75) is 98.3 Å². The molecule has 0 amide bonds. The van der Waals surface area contributed by atoms with Crippen LogP contribution in [0.15, 0.2) is 0 Å². The molecule has 1 radical (unpaired) electrons. The van der Waals surface area contributed by atoms with Gasteiger partial charge in [-0.25, -0.2) is 0 Å². The fraction of sp³-hybridized carbons (Fsp3) is 0.941. The molecule has 1 saturated carbocycles. The summed E-state index contributed by atoms with van der Waals surface area (Å²) in [6.45, 7) is 7.15. The van der Waals surface area contributed by atoms with Gasteiger partial charge in [-0.3, -0.25) is 0 Å². The maximum absolute atomic E-state index is 2.38. The molecule has 0 N–H and O–H groups in total. The Hall–Kier alpha value is 0.799. The van der Waals surface area contributed by atoms with Crippen molar-refractivity contribution >= 4 is 18.4 Å². The SMILES string of the molecule is CCC[CH2][Sn]([CH2]CCC)([CH2]CCC)[C]1CCCC1. The van der Waals surface area contributed by atoms with Crippen LogP contribution in [0.2, 0.25) is 13.3 Å². The van der Waals surface area contributed by atoms with E-state index in [1.807, 2.05) is 0 Å². The molecule has 0 heterocycles. The fourth-order valence-electron chi connectivity index (χ4n) is 3.78. The first-order chi connectivity index (χ1) is 8.79. The monoisotopic (exact) mass is 359 g/mol. The van der Waals surface area contributed by atoms with Crippen molar-refractivity contribution in [1.29, 1.82) is 0 Å². The molecule has 0 aromatic heterocycles. The molecule has 0 aromatic rings. The molecule has 0 saturated heterocycles. The summed E-state index contributed by atoms with van der Waals surface area (Å²) in [5.74, 6) is 0. The van der Waals surface area contributed by atoms with Gasteiger partial charge < -0.3 is 0 Å². The van der Waals surface area contributed by atoms with Crippen LogP contribution < -0.4 is 0 Å². The molecule has 0 spiro atoms. The zero-order valence-corrected chi connectivity index (χ0v) is 16.0. The minimum atomic E-state index is -1.86. The van der Waals surface area contributed by atoms with Crippen molar-refractivity contribution in [2.24, 2.45) is 0 Å². The third-order valence-corrected chi connectivity index (χ3v) is 21.9. The van der Waals surface area contributed by atoms with Gasteiger partial charge in [-0.1, -0.05) is 0 Å². The summed E-state index contributed by atoms with van der Waals surface area (Å²) >= 11 is -1.86. The van der Waals surface area contributed by atoms with Gasteiger partial charge >= 0.3 is 121 Å². The van der Waals surface area contributed by atoms with Crippen molar-refractivity contribution in [3.8, 4) is 0 Å². The molecular weight excluding hydrogens is 323 g/mol. The van der Waals surface area contributed by atoms with E-state index in [4.69, 9.17) is 0 Å². The minimum absolute atomic E-state index is 1.42. The Morgan fingerprint density at radius 1 is 0.722 bits per heavy atom. The van der Waals surface area contributed by atoms with Gasteiger partial charge in [0.2, 0.25) is 0 Å². The van der Waals surface area contributed by atoms with Crippen LogP contribution >= 0.6 is 0 Å². The van der Waals surface area contributed by atoms with E-state index in [1.54, 1.807) is 26.2 Å². The number of rotatable bonds is 10. The van der Waals surface area contributed by atoms with Crippen molar-refractivity contribution in [3.05, 3.63) is 3.93 Å². The van der Waals surface area contributed by atoms with Crippen LogP contribution in [0, 0.1) is 3.93 Å². The third kappa shape index (κ3) is 5.06. The molecule has 18 heavy (non-hydrogen) atoms. The molecule has 0 bridgehead atoms. The van der Waals surface area contributed by atoms with Gasteiger partial charge in [0, 0.05) is 0 Å². The van der Waals surface area contributed by atoms with Crippen LogP contribution in [-0.4, -0.2) is 18.4 Å². The molecule has 1 aliphatic rings. The fourth-order valence-corrected chi connectivity index (χ4v) is 21.8. The summed E-state index contributed by atoms with van der Waals surface area (Å²) in [6.07, 6.45) is 15.0. The second-order valence-electron chi connectivity index (χ2n) is 6.40. The quantitative estimate of drug-likeness (QED) is 0.390. The molecule has 0 aromatic carbocycles. The van der Waals surface area contributed by atoms with Crippen LogP contribution in [0.1, 0.15) is 85.0 Å². The van der Waals surface area contributed by atoms with Crippen LogP contribution in [0.4, 0.5) is 0 Å². The van der Waals surface area contributed by atoms with E-state index in [0.29, 0.717) is 0 Å². The summed E-state index contributed by atoms with van der Waals surface area (Å²) in [4.78, 5) is 0. The second kappa shape index (κ2) is 9.66. The van der Waals surface area contributed by atoms with Crippen molar-refractivity contribution in [2.75, 3.05) is 0 Å². The number of unbranched alkanes of at least 4 members (excludes halogenated alkanes) is 3. The predicted octanol–water partition coefficient (Wildman–Crippen LogP) is 6.52.